The zero-order chi connectivity index (χ0) is 13.0. The van der Waals surface area contributed by atoms with Crippen LogP contribution in [0.5, 0.6) is 5.75 Å². The molecule has 6 heteroatoms. The number of benzene rings is 1. The van der Waals surface area contributed by atoms with Gasteiger partial charge in [0.1, 0.15) is 5.75 Å². The van der Waals surface area contributed by atoms with Gasteiger partial charge in [0.15, 0.2) is 0 Å². The molecule has 0 unspecified atom stereocenters. The van der Waals surface area contributed by atoms with Gasteiger partial charge in [0.25, 0.3) is 0 Å². The molecule has 3 nitrogen and oxygen atoms in total. The van der Waals surface area contributed by atoms with E-state index in [1.165, 1.54) is 12.1 Å². The Labute approximate surface area is 103 Å². The maximum atomic E-state index is 12.0. The Morgan fingerprint density at radius 1 is 1.11 bits per heavy atom. The lowest BCUT2D eigenvalue weighted by molar-refractivity contribution is -0.274. The summed E-state index contributed by atoms with van der Waals surface area (Å²) in [7, 11) is 0. The lowest BCUT2D eigenvalue weighted by atomic mass is 10.1. The summed E-state index contributed by atoms with van der Waals surface area (Å²) in [5.41, 5.74) is 0.802. The van der Waals surface area contributed by atoms with Crippen molar-refractivity contribution in [3.63, 3.8) is 0 Å². The van der Waals surface area contributed by atoms with Gasteiger partial charge in [0, 0.05) is 24.8 Å². The van der Waals surface area contributed by atoms with Crippen LogP contribution in [0.2, 0.25) is 0 Å². The first kappa shape index (κ1) is 13.0. The van der Waals surface area contributed by atoms with E-state index >= 15 is 0 Å². The topological polar surface area (TPSA) is 35.4 Å². The van der Waals surface area contributed by atoms with Crippen molar-refractivity contribution in [1.29, 1.82) is 0 Å². The molecular weight excluding hydrogens is 245 g/mol. The minimum absolute atomic E-state index is 0.202. The van der Waals surface area contributed by atoms with Crippen molar-refractivity contribution in [2.75, 3.05) is 18.4 Å². The molecule has 1 aromatic rings. The van der Waals surface area contributed by atoms with E-state index in [-0.39, 0.29) is 5.75 Å². The van der Waals surface area contributed by atoms with Crippen molar-refractivity contribution in [3.8, 4) is 5.75 Å². The zero-order valence-corrected chi connectivity index (χ0v) is 9.70. The van der Waals surface area contributed by atoms with Crippen LogP contribution in [0.15, 0.2) is 24.3 Å². The first-order valence-electron chi connectivity index (χ1n) is 5.78. The van der Waals surface area contributed by atoms with E-state index in [4.69, 9.17) is 0 Å². The summed E-state index contributed by atoms with van der Waals surface area (Å²) in [6.07, 6.45) is -2.72. The minimum Gasteiger partial charge on any atom is -0.406 e. The molecule has 0 aliphatic carbocycles. The van der Waals surface area contributed by atoms with E-state index < -0.39 is 6.36 Å². The van der Waals surface area contributed by atoms with Gasteiger partial charge in [0.2, 0.25) is 0 Å². The standard InChI is InChI=1S/C12H14F3N2O/c13-12(14,15)18-11-3-1-9(2-4-11)17-10-5-7-16-8-6-10/h1-4,10,17H,5-8H2. The second-order valence-corrected chi connectivity index (χ2v) is 4.16. The molecule has 0 saturated carbocycles. The van der Waals surface area contributed by atoms with Gasteiger partial charge >= 0.3 is 6.36 Å². The van der Waals surface area contributed by atoms with Crippen LogP contribution in [-0.4, -0.2) is 25.5 Å². The van der Waals surface area contributed by atoms with Crippen LogP contribution in [-0.2, 0) is 0 Å². The fourth-order valence-corrected chi connectivity index (χ4v) is 1.88. The predicted octanol–water partition coefficient (Wildman–Crippen LogP) is 2.76. The number of nitrogens with one attached hydrogen (secondary N) is 1. The highest BCUT2D eigenvalue weighted by Crippen LogP contribution is 2.24. The summed E-state index contributed by atoms with van der Waals surface area (Å²) in [5, 5.41) is 7.51. The van der Waals surface area contributed by atoms with Crippen LogP contribution in [0.25, 0.3) is 0 Å². The Bertz CT molecular complexity index is 372. The first-order valence-corrected chi connectivity index (χ1v) is 5.78. The van der Waals surface area contributed by atoms with E-state index in [2.05, 4.69) is 15.4 Å². The molecule has 0 atom stereocenters. The third kappa shape index (κ3) is 4.10. The van der Waals surface area contributed by atoms with E-state index in [0.717, 1.165) is 31.6 Å². The van der Waals surface area contributed by atoms with Crippen LogP contribution < -0.4 is 15.4 Å². The molecule has 2 rings (SSSR count). The molecule has 1 radical (unpaired) electrons. The van der Waals surface area contributed by atoms with Gasteiger partial charge in [-0.15, -0.1) is 13.2 Å². The van der Waals surface area contributed by atoms with E-state index in [0.29, 0.717) is 6.04 Å². The van der Waals surface area contributed by atoms with Crippen molar-refractivity contribution in [2.24, 2.45) is 0 Å². The van der Waals surface area contributed by atoms with E-state index in [1.54, 1.807) is 12.1 Å². The summed E-state index contributed by atoms with van der Waals surface area (Å²) in [5.74, 6) is -0.202. The maximum Gasteiger partial charge on any atom is 0.573 e. The van der Waals surface area contributed by atoms with Crippen molar-refractivity contribution in [3.05, 3.63) is 24.3 Å². The number of piperidine rings is 1. The lowest BCUT2D eigenvalue weighted by Gasteiger charge is -2.23. The Morgan fingerprint density at radius 3 is 2.28 bits per heavy atom. The highest BCUT2D eigenvalue weighted by Gasteiger charge is 2.30. The average molecular weight is 259 g/mol. The smallest absolute Gasteiger partial charge is 0.406 e. The SMILES string of the molecule is FC(F)(F)Oc1ccc(NC2CC[N]CC2)cc1. The highest BCUT2D eigenvalue weighted by molar-refractivity contribution is 5.47. The van der Waals surface area contributed by atoms with Crippen LogP contribution in [0.1, 0.15) is 12.8 Å². The zero-order valence-electron chi connectivity index (χ0n) is 9.70. The van der Waals surface area contributed by atoms with E-state index in [1.807, 2.05) is 0 Å². The van der Waals surface area contributed by atoms with Crippen LogP contribution in [0, 0.1) is 0 Å². The molecule has 0 bridgehead atoms. The predicted molar refractivity (Wildman–Crippen MR) is 61.6 cm³/mol. The number of anilines is 1. The number of nitrogens with zero attached hydrogens (tertiary/aromatic N) is 1. The molecule has 1 aromatic carbocycles. The summed E-state index contributed by atoms with van der Waals surface area (Å²) in [4.78, 5) is 0. The third-order valence-corrected chi connectivity index (χ3v) is 2.73. The highest BCUT2D eigenvalue weighted by atomic mass is 19.4. The molecule has 1 fully saturated rings. The number of rotatable bonds is 3. The Balaban J connectivity index is 1.90. The van der Waals surface area contributed by atoms with Crippen molar-refractivity contribution < 1.29 is 17.9 Å². The fraction of sp³-hybridized carbons (Fsp3) is 0.500. The number of hydrogen-bond acceptors (Lipinski definition) is 2. The molecule has 0 aromatic heterocycles. The summed E-state index contributed by atoms with van der Waals surface area (Å²) >= 11 is 0. The second kappa shape index (κ2) is 5.48. The van der Waals surface area contributed by atoms with E-state index in [9.17, 15) is 13.2 Å². The molecule has 0 amide bonds. The van der Waals surface area contributed by atoms with Gasteiger partial charge in [-0.25, -0.2) is 5.32 Å². The van der Waals surface area contributed by atoms with Gasteiger partial charge in [-0.1, -0.05) is 0 Å². The van der Waals surface area contributed by atoms with Gasteiger partial charge in [0.05, 0.1) is 0 Å². The summed E-state index contributed by atoms with van der Waals surface area (Å²) in [6.45, 7) is 1.68. The number of ether oxygens (including phenoxy) is 1. The molecular formula is C12H14F3N2O. The minimum atomic E-state index is -4.64. The van der Waals surface area contributed by atoms with Gasteiger partial charge < -0.3 is 10.1 Å². The molecule has 1 aliphatic heterocycles. The van der Waals surface area contributed by atoms with Gasteiger partial charge in [-0.05, 0) is 37.1 Å². The molecule has 99 valence electrons. The molecule has 18 heavy (non-hydrogen) atoms. The number of hydrogen-bond donors (Lipinski definition) is 1. The number of alkyl halides is 3. The molecule has 1 aliphatic rings. The van der Waals surface area contributed by atoms with Crippen LogP contribution in [0.3, 0.4) is 0 Å². The Morgan fingerprint density at radius 2 is 1.72 bits per heavy atom. The van der Waals surface area contributed by atoms with Crippen molar-refractivity contribution in [1.82, 2.24) is 5.32 Å². The maximum absolute atomic E-state index is 12.0. The van der Waals surface area contributed by atoms with Crippen molar-refractivity contribution >= 4 is 5.69 Å². The summed E-state index contributed by atoms with van der Waals surface area (Å²) in [6, 6.07) is 6.14. The normalized spacial score (nSPS) is 17.5. The van der Waals surface area contributed by atoms with Crippen LogP contribution >= 0.6 is 0 Å². The largest absolute Gasteiger partial charge is 0.573 e. The Kier molecular flexibility index (Phi) is 3.96. The molecule has 1 N–H and O–H groups in total. The third-order valence-electron chi connectivity index (χ3n) is 2.73. The monoisotopic (exact) mass is 259 g/mol. The van der Waals surface area contributed by atoms with Crippen LogP contribution in [0.4, 0.5) is 18.9 Å². The molecule has 0 spiro atoms. The second-order valence-electron chi connectivity index (χ2n) is 4.16. The first-order chi connectivity index (χ1) is 8.53. The Hall–Kier alpha value is -1.43. The molecule has 1 heterocycles. The number of halogens is 3. The van der Waals surface area contributed by atoms with Gasteiger partial charge in [-0.2, -0.15) is 0 Å². The van der Waals surface area contributed by atoms with Crippen molar-refractivity contribution in [2.45, 2.75) is 25.2 Å². The lowest BCUT2D eigenvalue weighted by Crippen LogP contribution is -2.31. The average Bonchev–Trinajstić information content (AvgIpc) is 2.31. The summed E-state index contributed by atoms with van der Waals surface area (Å²) < 4.78 is 39.7. The quantitative estimate of drug-likeness (QED) is 0.906. The fourth-order valence-electron chi connectivity index (χ4n) is 1.88. The molecule has 1 saturated heterocycles. The van der Waals surface area contributed by atoms with Gasteiger partial charge in [-0.3, -0.25) is 0 Å².